The lowest BCUT2D eigenvalue weighted by Gasteiger charge is -2.46. The zero-order chi connectivity index (χ0) is 26.7. The van der Waals surface area contributed by atoms with Gasteiger partial charge in [-0.3, -0.25) is 14.4 Å². The van der Waals surface area contributed by atoms with Crippen LogP contribution >= 0.6 is 0 Å². The summed E-state index contributed by atoms with van der Waals surface area (Å²) in [6.07, 6.45) is -0.567. The summed E-state index contributed by atoms with van der Waals surface area (Å²) in [5.41, 5.74) is 0.916. The minimum absolute atomic E-state index is 0.00455. The summed E-state index contributed by atoms with van der Waals surface area (Å²) in [6.45, 7) is 6.75. The molecule has 10 nitrogen and oxygen atoms in total. The lowest BCUT2D eigenvalue weighted by molar-refractivity contribution is -0.147. The molecule has 3 aliphatic rings. The van der Waals surface area contributed by atoms with Gasteiger partial charge in [0.05, 0.1) is 11.3 Å². The fourth-order valence-corrected chi connectivity index (χ4v) is 5.41. The lowest BCUT2D eigenvalue weighted by Crippen LogP contribution is -2.58. The first-order valence-electron chi connectivity index (χ1n) is 11.7. The highest BCUT2D eigenvalue weighted by Gasteiger charge is 2.60. The second-order valence-electron chi connectivity index (χ2n) is 10.6. The first-order valence-corrected chi connectivity index (χ1v) is 11.7. The topological polar surface area (TPSA) is 182 Å². The van der Waals surface area contributed by atoms with E-state index in [1.165, 1.54) is 0 Å². The first kappa shape index (κ1) is 25.6. The van der Waals surface area contributed by atoms with Crippen LogP contribution in [0.4, 0.5) is 10.1 Å². The summed E-state index contributed by atoms with van der Waals surface area (Å²) < 4.78 is 15.1. The van der Waals surface area contributed by atoms with Crippen molar-refractivity contribution in [3.63, 3.8) is 0 Å². The van der Waals surface area contributed by atoms with Crippen LogP contribution in [0, 0.1) is 17.7 Å². The van der Waals surface area contributed by atoms with Gasteiger partial charge in [0, 0.05) is 48.2 Å². The zero-order valence-electron chi connectivity index (χ0n) is 20.2. The maximum absolute atomic E-state index is 15.1. The van der Waals surface area contributed by atoms with Crippen LogP contribution in [0.25, 0.3) is 5.76 Å². The molecular formula is C25H30FN3O7. The smallest absolute Gasteiger partial charge is 0.255 e. The van der Waals surface area contributed by atoms with Gasteiger partial charge in [-0.05, 0) is 39.5 Å². The monoisotopic (exact) mass is 503 g/mol. The molecule has 1 amide bonds. The number of carbonyl (C=O) groups excluding carboxylic acids is 3. The Balaban J connectivity index is 1.76. The minimum Gasteiger partial charge on any atom is -0.508 e. The van der Waals surface area contributed by atoms with Gasteiger partial charge in [-0.25, -0.2) is 4.39 Å². The predicted molar refractivity (Wildman–Crippen MR) is 128 cm³/mol. The Bertz CT molecular complexity index is 1250. The summed E-state index contributed by atoms with van der Waals surface area (Å²) in [5, 5.41) is 49.9. The van der Waals surface area contributed by atoms with E-state index in [2.05, 4.69) is 10.6 Å². The molecule has 194 valence electrons. The van der Waals surface area contributed by atoms with Crippen molar-refractivity contribution < 1.29 is 39.2 Å². The van der Waals surface area contributed by atoms with E-state index < -0.39 is 70.0 Å². The highest BCUT2D eigenvalue weighted by molar-refractivity contribution is 6.22. The number of phenolic OH excluding ortho intramolecular Hbond substituents is 1. The average Bonchev–Trinajstić information content (AvgIpc) is 2.76. The quantitative estimate of drug-likeness (QED) is 0.177. The van der Waals surface area contributed by atoms with Crippen LogP contribution in [-0.2, 0) is 20.8 Å². The molecule has 3 aliphatic carbocycles. The van der Waals surface area contributed by atoms with Crippen molar-refractivity contribution in [1.29, 1.82) is 0 Å². The van der Waals surface area contributed by atoms with E-state index in [-0.39, 0.29) is 40.8 Å². The summed E-state index contributed by atoms with van der Waals surface area (Å²) >= 11 is 0. The number of aliphatic hydroxyl groups excluding tert-OH is 2. The van der Waals surface area contributed by atoms with Gasteiger partial charge in [-0.2, -0.15) is 0 Å². The molecule has 0 bridgehead atoms. The number of hydrogen-bond donors (Lipinski definition) is 7. The number of phenols is 1. The number of primary amides is 1. The molecule has 0 spiro atoms. The number of nitrogens with two attached hydrogens (primary N) is 1. The molecule has 1 saturated carbocycles. The Morgan fingerprint density at radius 2 is 1.86 bits per heavy atom. The van der Waals surface area contributed by atoms with Gasteiger partial charge in [0.2, 0.25) is 5.78 Å². The van der Waals surface area contributed by atoms with E-state index in [0.29, 0.717) is 13.1 Å². The molecule has 0 aromatic heterocycles. The molecule has 36 heavy (non-hydrogen) atoms. The summed E-state index contributed by atoms with van der Waals surface area (Å²) in [6, 6.07) is 1.11. The molecule has 1 fully saturated rings. The molecule has 3 atom stereocenters. The number of amides is 1. The van der Waals surface area contributed by atoms with Crippen molar-refractivity contribution in [3.05, 3.63) is 39.9 Å². The van der Waals surface area contributed by atoms with Gasteiger partial charge in [-0.1, -0.05) is 0 Å². The van der Waals surface area contributed by atoms with Crippen molar-refractivity contribution in [2.75, 3.05) is 18.4 Å². The molecule has 1 aromatic carbocycles. The molecule has 8 N–H and O–H groups in total. The number of aromatic hydroxyl groups is 1. The first-order chi connectivity index (χ1) is 16.7. The van der Waals surface area contributed by atoms with Crippen LogP contribution in [0.5, 0.6) is 5.75 Å². The third-order valence-corrected chi connectivity index (χ3v) is 7.11. The molecule has 11 heteroatoms. The number of benzene rings is 1. The number of hydrogen-bond acceptors (Lipinski definition) is 9. The fraction of sp³-hybridized carbons (Fsp3) is 0.480. The molecule has 1 aromatic rings. The van der Waals surface area contributed by atoms with E-state index in [0.717, 1.165) is 6.07 Å². The van der Waals surface area contributed by atoms with Crippen LogP contribution in [0.15, 0.2) is 23.0 Å². The number of ketones is 2. The van der Waals surface area contributed by atoms with Crippen LogP contribution in [-0.4, -0.2) is 62.1 Å². The molecule has 0 radical (unpaired) electrons. The Morgan fingerprint density at radius 3 is 2.47 bits per heavy atom. The van der Waals surface area contributed by atoms with Gasteiger partial charge >= 0.3 is 0 Å². The minimum atomic E-state index is -2.65. The SMILES string of the molecule is CC(C)(C)NCCNc1cc(F)c2c(c1O)C(O)=C1C(=O)[C@]3(O)C(O)=C(C(N)=O)C(=O)C[C@@H]3CC1C2. The largest absolute Gasteiger partial charge is 0.508 e. The number of carbonyl (C=O) groups is 3. The van der Waals surface area contributed by atoms with E-state index >= 15 is 4.39 Å². The molecule has 0 heterocycles. The van der Waals surface area contributed by atoms with E-state index in [9.17, 15) is 34.8 Å². The highest BCUT2D eigenvalue weighted by Crippen LogP contribution is 2.52. The van der Waals surface area contributed by atoms with Gasteiger partial charge in [0.1, 0.15) is 28.7 Å². The van der Waals surface area contributed by atoms with E-state index in [1.807, 2.05) is 20.8 Å². The predicted octanol–water partition coefficient (Wildman–Crippen LogP) is 1.36. The van der Waals surface area contributed by atoms with Crippen molar-refractivity contribution in [1.82, 2.24) is 5.32 Å². The highest BCUT2D eigenvalue weighted by atomic mass is 19.1. The molecule has 1 unspecified atom stereocenters. The Hall–Kier alpha value is -3.44. The van der Waals surface area contributed by atoms with Crippen LogP contribution < -0.4 is 16.4 Å². The Morgan fingerprint density at radius 1 is 1.19 bits per heavy atom. The van der Waals surface area contributed by atoms with Gasteiger partial charge < -0.3 is 36.8 Å². The second kappa shape index (κ2) is 8.59. The molecule has 0 saturated heterocycles. The summed E-state index contributed by atoms with van der Waals surface area (Å²) in [5.74, 6) is -8.15. The molecular weight excluding hydrogens is 473 g/mol. The number of aliphatic hydroxyl groups is 3. The number of nitrogens with one attached hydrogen (secondary N) is 2. The average molecular weight is 504 g/mol. The molecule has 4 rings (SSSR count). The van der Waals surface area contributed by atoms with Gasteiger partial charge in [-0.15, -0.1) is 0 Å². The second-order valence-corrected chi connectivity index (χ2v) is 10.6. The van der Waals surface area contributed by atoms with E-state index in [1.54, 1.807) is 0 Å². The van der Waals surface area contributed by atoms with Crippen molar-refractivity contribution in [2.24, 2.45) is 17.6 Å². The number of fused-ring (bicyclic) bond motifs is 3. The maximum atomic E-state index is 15.1. The third-order valence-electron chi connectivity index (χ3n) is 7.11. The van der Waals surface area contributed by atoms with Crippen molar-refractivity contribution in [2.45, 2.75) is 51.2 Å². The van der Waals surface area contributed by atoms with Crippen molar-refractivity contribution in [3.8, 4) is 5.75 Å². The van der Waals surface area contributed by atoms with Crippen LogP contribution in [0.1, 0.15) is 44.7 Å². The number of Topliss-reactive ketones (excluding diaryl/α,β-unsaturated/α-hetero) is 2. The van der Waals surface area contributed by atoms with E-state index in [4.69, 9.17) is 5.73 Å². The van der Waals surface area contributed by atoms with Gasteiger partial charge in [0.25, 0.3) is 5.91 Å². The standard InChI is InChI=1S/C25H30FN3O7/c1-24(2,3)29-5-4-28-14-9-13(26)12-7-10-6-11-8-15(30)18(23(27)35)22(34)25(11,36)21(33)16(10)20(32)17(12)19(14)31/h9-11,28-29,31-32,34,36H,4-8H2,1-3H3,(H2,27,35)/t10?,11-,25-/m0/s1. The Labute approximate surface area is 206 Å². The molecule has 0 aliphatic heterocycles. The van der Waals surface area contributed by atoms with Crippen LogP contribution in [0.3, 0.4) is 0 Å². The summed E-state index contributed by atoms with van der Waals surface area (Å²) in [7, 11) is 0. The third kappa shape index (κ3) is 3.92. The number of anilines is 1. The Kier molecular flexibility index (Phi) is 6.12. The number of halogens is 1. The lowest BCUT2D eigenvalue weighted by atomic mass is 9.59. The van der Waals surface area contributed by atoms with Crippen LogP contribution in [0.2, 0.25) is 0 Å². The zero-order valence-corrected chi connectivity index (χ0v) is 20.2. The van der Waals surface area contributed by atoms with Gasteiger partial charge in [0.15, 0.2) is 11.4 Å². The van der Waals surface area contributed by atoms with Crippen molar-refractivity contribution >= 4 is 28.9 Å². The summed E-state index contributed by atoms with van der Waals surface area (Å²) in [4.78, 5) is 37.6. The number of rotatable bonds is 5. The normalized spacial score (nSPS) is 25.9. The maximum Gasteiger partial charge on any atom is 0.255 e. The fourth-order valence-electron chi connectivity index (χ4n) is 5.41.